The van der Waals surface area contributed by atoms with Gasteiger partial charge in [-0.15, -0.1) is 0 Å². The molecule has 0 aromatic heterocycles. The molecule has 1 aliphatic rings. The van der Waals surface area contributed by atoms with Crippen molar-refractivity contribution in [3.8, 4) is 0 Å². The van der Waals surface area contributed by atoms with Gasteiger partial charge in [0, 0.05) is 29.3 Å². The van der Waals surface area contributed by atoms with Gasteiger partial charge < -0.3 is 10.6 Å². The van der Waals surface area contributed by atoms with E-state index >= 15 is 0 Å². The van der Waals surface area contributed by atoms with Gasteiger partial charge in [0.1, 0.15) is 0 Å². The SMILES string of the molecule is CCCCN(c1cc(Br)cc(CN)c1)C1CC1. The summed E-state index contributed by atoms with van der Waals surface area (Å²) < 4.78 is 1.14. The molecule has 1 aromatic rings. The van der Waals surface area contributed by atoms with Gasteiger partial charge in [0.2, 0.25) is 0 Å². The number of hydrogen-bond acceptors (Lipinski definition) is 2. The summed E-state index contributed by atoms with van der Waals surface area (Å²) in [5, 5.41) is 0. The highest BCUT2D eigenvalue weighted by atomic mass is 79.9. The van der Waals surface area contributed by atoms with Crippen LogP contribution in [0.1, 0.15) is 38.2 Å². The van der Waals surface area contributed by atoms with E-state index in [1.54, 1.807) is 0 Å². The fraction of sp³-hybridized carbons (Fsp3) is 0.571. The number of unbranched alkanes of at least 4 members (excludes halogenated alkanes) is 1. The molecule has 1 fully saturated rings. The van der Waals surface area contributed by atoms with Crippen LogP contribution in [0.4, 0.5) is 5.69 Å². The van der Waals surface area contributed by atoms with Crippen molar-refractivity contribution in [3.05, 3.63) is 28.2 Å². The van der Waals surface area contributed by atoms with Gasteiger partial charge in [-0.1, -0.05) is 29.3 Å². The van der Waals surface area contributed by atoms with Crippen LogP contribution < -0.4 is 10.6 Å². The van der Waals surface area contributed by atoms with E-state index in [-0.39, 0.29) is 0 Å². The minimum absolute atomic E-state index is 0.610. The molecule has 0 unspecified atom stereocenters. The molecule has 94 valence electrons. The Bertz CT molecular complexity index is 374. The van der Waals surface area contributed by atoms with E-state index in [2.05, 4.69) is 46.0 Å². The molecule has 0 aliphatic heterocycles. The fourth-order valence-corrected chi connectivity index (χ4v) is 2.68. The van der Waals surface area contributed by atoms with Gasteiger partial charge in [0.25, 0.3) is 0 Å². The monoisotopic (exact) mass is 296 g/mol. The topological polar surface area (TPSA) is 29.3 Å². The average molecular weight is 297 g/mol. The molecule has 1 saturated carbocycles. The van der Waals surface area contributed by atoms with Gasteiger partial charge in [-0.05, 0) is 43.0 Å². The minimum Gasteiger partial charge on any atom is -0.369 e. The first-order chi connectivity index (χ1) is 8.24. The van der Waals surface area contributed by atoms with E-state index in [9.17, 15) is 0 Å². The lowest BCUT2D eigenvalue weighted by Crippen LogP contribution is -2.26. The zero-order valence-electron chi connectivity index (χ0n) is 10.5. The summed E-state index contributed by atoms with van der Waals surface area (Å²) in [5.74, 6) is 0. The van der Waals surface area contributed by atoms with E-state index in [1.807, 2.05) is 0 Å². The van der Waals surface area contributed by atoms with Crippen LogP contribution in [0.3, 0.4) is 0 Å². The third kappa shape index (κ3) is 3.46. The minimum atomic E-state index is 0.610. The van der Waals surface area contributed by atoms with Crippen molar-refractivity contribution < 1.29 is 0 Å². The van der Waals surface area contributed by atoms with Gasteiger partial charge in [-0.25, -0.2) is 0 Å². The van der Waals surface area contributed by atoms with E-state index in [0.717, 1.165) is 10.5 Å². The molecule has 2 N–H and O–H groups in total. The maximum Gasteiger partial charge on any atom is 0.0383 e. The Labute approximate surface area is 112 Å². The van der Waals surface area contributed by atoms with Crippen LogP contribution in [0.5, 0.6) is 0 Å². The summed E-state index contributed by atoms with van der Waals surface area (Å²) in [7, 11) is 0. The van der Waals surface area contributed by atoms with Gasteiger partial charge in [0.15, 0.2) is 0 Å². The number of hydrogen-bond donors (Lipinski definition) is 1. The second-order valence-corrected chi connectivity index (χ2v) is 5.72. The van der Waals surface area contributed by atoms with Crippen molar-refractivity contribution >= 4 is 21.6 Å². The number of benzene rings is 1. The molecule has 0 amide bonds. The summed E-state index contributed by atoms with van der Waals surface area (Å²) in [5.41, 5.74) is 8.27. The quantitative estimate of drug-likeness (QED) is 0.868. The maximum absolute atomic E-state index is 5.74. The molecular formula is C14H21BrN2. The smallest absolute Gasteiger partial charge is 0.0383 e. The van der Waals surface area contributed by atoms with Crippen LogP contribution >= 0.6 is 15.9 Å². The predicted molar refractivity (Wildman–Crippen MR) is 77.3 cm³/mol. The van der Waals surface area contributed by atoms with Crippen LogP contribution in [0.25, 0.3) is 0 Å². The molecule has 1 aliphatic carbocycles. The average Bonchev–Trinajstić information content (AvgIpc) is 3.13. The summed E-state index contributed by atoms with van der Waals surface area (Å²) >= 11 is 3.58. The van der Waals surface area contributed by atoms with Crippen LogP contribution in [0.15, 0.2) is 22.7 Å². The number of halogens is 1. The third-order valence-electron chi connectivity index (χ3n) is 3.25. The van der Waals surface area contributed by atoms with Crippen molar-refractivity contribution in [2.24, 2.45) is 5.73 Å². The molecule has 0 saturated heterocycles. The first-order valence-corrected chi connectivity index (χ1v) is 7.30. The highest BCUT2D eigenvalue weighted by Crippen LogP contribution is 2.33. The molecule has 0 radical (unpaired) electrons. The molecule has 2 nitrogen and oxygen atoms in total. The van der Waals surface area contributed by atoms with E-state index in [1.165, 1.54) is 43.5 Å². The van der Waals surface area contributed by atoms with Crippen LogP contribution in [0, 0.1) is 0 Å². The van der Waals surface area contributed by atoms with Crippen LogP contribution in [-0.4, -0.2) is 12.6 Å². The largest absolute Gasteiger partial charge is 0.369 e. The normalized spacial score (nSPS) is 15.0. The Morgan fingerprint density at radius 1 is 1.35 bits per heavy atom. The number of nitrogens with zero attached hydrogens (tertiary/aromatic N) is 1. The summed E-state index contributed by atoms with van der Waals surface area (Å²) in [6.07, 6.45) is 5.20. The second kappa shape index (κ2) is 5.87. The second-order valence-electron chi connectivity index (χ2n) is 4.80. The van der Waals surface area contributed by atoms with E-state index < -0.39 is 0 Å². The van der Waals surface area contributed by atoms with Gasteiger partial charge in [-0.2, -0.15) is 0 Å². The number of nitrogens with two attached hydrogens (primary N) is 1. The van der Waals surface area contributed by atoms with Crippen LogP contribution in [0.2, 0.25) is 0 Å². The highest BCUT2D eigenvalue weighted by molar-refractivity contribution is 9.10. The Morgan fingerprint density at radius 2 is 2.12 bits per heavy atom. The summed E-state index contributed by atoms with van der Waals surface area (Å²) in [6, 6.07) is 7.32. The van der Waals surface area contributed by atoms with Gasteiger partial charge in [0.05, 0.1) is 0 Å². The Hall–Kier alpha value is -0.540. The van der Waals surface area contributed by atoms with E-state index in [0.29, 0.717) is 6.54 Å². The number of anilines is 1. The van der Waals surface area contributed by atoms with Crippen molar-refractivity contribution in [1.82, 2.24) is 0 Å². The first kappa shape index (κ1) is 12.9. The van der Waals surface area contributed by atoms with Crippen molar-refractivity contribution in [3.63, 3.8) is 0 Å². The Morgan fingerprint density at radius 3 is 2.71 bits per heavy atom. The molecule has 0 bridgehead atoms. The van der Waals surface area contributed by atoms with Gasteiger partial charge in [-0.3, -0.25) is 0 Å². The molecular weight excluding hydrogens is 276 g/mol. The van der Waals surface area contributed by atoms with Crippen molar-refractivity contribution in [2.45, 2.75) is 45.2 Å². The standard InChI is InChI=1S/C14H21BrN2/c1-2-3-6-17(13-4-5-13)14-8-11(10-16)7-12(15)9-14/h7-9,13H,2-6,10,16H2,1H3. The van der Waals surface area contributed by atoms with Crippen molar-refractivity contribution in [1.29, 1.82) is 0 Å². The Kier molecular flexibility index (Phi) is 4.46. The fourth-order valence-electron chi connectivity index (χ4n) is 2.15. The Balaban J connectivity index is 2.18. The predicted octanol–water partition coefficient (Wildman–Crippen LogP) is 3.68. The first-order valence-electron chi connectivity index (χ1n) is 6.50. The molecule has 1 aromatic carbocycles. The van der Waals surface area contributed by atoms with Crippen LogP contribution in [-0.2, 0) is 6.54 Å². The molecule has 0 atom stereocenters. The molecule has 0 heterocycles. The maximum atomic E-state index is 5.74. The highest BCUT2D eigenvalue weighted by Gasteiger charge is 2.28. The number of rotatable bonds is 6. The zero-order chi connectivity index (χ0) is 12.3. The molecule has 0 spiro atoms. The molecule has 3 heteroatoms. The van der Waals surface area contributed by atoms with Crippen molar-refractivity contribution in [2.75, 3.05) is 11.4 Å². The lowest BCUT2D eigenvalue weighted by Gasteiger charge is -2.25. The molecule has 17 heavy (non-hydrogen) atoms. The zero-order valence-corrected chi connectivity index (χ0v) is 12.0. The summed E-state index contributed by atoms with van der Waals surface area (Å²) in [6.45, 7) is 4.03. The van der Waals surface area contributed by atoms with Gasteiger partial charge >= 0.3 is 0 Å². The summed E-state index contributed by atoms with van der Waals surface area (Å²) in [4.78, 5) is 2.55. The third-order valence-corrected chi connectivity index (χ3v) is 3.71. The van der Waals surface area contributed by atoms with E-state index in [4.69, 9.17) is 5.73 Å². The molecule has 2 rings (SSSR count). The lowest BCUT2D eigenvalue weighted by atomic mass is 10.1. The lowest BCUT2D eigenvalue weighted by molar-refractivity contribution is 0.712.